The molecule has 0 bridgehead atoms. The Balaban J connectivity index is 1.97. The zero-order valence-electron chi connectivity index (χ0n) is 17.0. The number of alkyl halides is 1. The molecule has 1 saturated heterocycles. The number of likely N-dealkylation sites (tertiary alicyclic amines) is 1. The number of amides is 3. The van der Waals surface area contributed by atoms with E-state index < -0.39 is 29.1 Å². The van der Waals surface area contributed by atoms with Gasteiger partial charge < -0.3 is 15.1 Å². The molecule has 1 spiro atoms. The van der Waals surface area contributed by atoms with E-state index in [2.05, 4.69) is 11.4 Å². The molecule has 0 aliphatic carbocycles. The summed E-state index contributed by atoms with van der Waals surface area (Å²) in [7, 11) is 1.45. The largest absolute Gasteiger partial charge is 0.334 e. The average Bonchev–Trinajstić information content (AvgIpc) is 3.17. The van der Waals surface area contributed by atoms with E-state index in [1.807, 2.05) is 12.1 Å². The predicted molar refractivity (Wildman–Crippen MR) is 105 cm³/mol. The van der Waals surface area contributed by atoms with Crippen molar-refractivity contribution in [3.63, 3.8) is 0 Å². The van der Waals surface area contributed by atoms with E-state index in [4.69, 9.17) is 0 Å². The molecule has 3 amide bonds. The molecule has 1 aromatic rings. The van der Waals surface area contributed by atoms with E-state index in [1.165, 1.54) is 37.6 Å². The molecule has 1 aromatic carbocycles. The van der Waals surface area contributed by atoms with Crippen molar-refractivity contribution in [2.75, 3.05) is 18.9 Å². The number of fused-ring (bicyclic) bond motifs is 2. The van der Waals surface area contributed by atoms with E-state index in [-0.39, 0.29) is 31.2 Å². The Morgan fingerprint density at radius 1 is 1.45 bits per heavy atom. The summed E-state index contributed by atoms with van der Waals surface area (Å²) in [5.41, 5.74) is -1.29. The number of nitriles is 1. The number of rotatable bonds is 4. The first kappa shape index (κ1) is 20.8. The van der Waals surface area contributed by atoms with Crippen molar-refractivity contribution in [2.45, 2.75) is 56.8 Å². The average molecular weight is 400 g/mol. The third-order valence-electron chi connectivity index (χ3n) is 5.84. The summed E-state index contributed by atoms with van der Waals surface area (Å²) in [6.07, 6.45) is -0.0417. The van der Waals surface area contributed by atoms with Crippen LogP contribution >= 0.6 is 0 Å². The second-order valence-corrected chi connectivity index (χ2v) is 8.47. The zero-order valence-corrected chi connectivity index (χ0v) is 17.0. The lowest BCUT2D eigenvalue weighted by molar-refractivity contribution is -0.145. The third-order valence-corrected chi connectivity index (χ3v) is 5.84. The van der Waals surface area contributed by atoms with Gasteiger partial charge in [-0.1, -0.05) is 18.2 Å². The summed E-state index contributed by atoms with van der Waals surface area (Å²) in [5, 5.41) is 12.5. The summed E-state index contributed by atoms with van der Waals surface area (Å²) in [6.45, 7) is 4.01. The van der Waals surface area contributed by atoms with E-state index >= 15 is 0 Å². The minimum absolute atomic E-state index is 0.0157. The normalized spacial score (nSPS) is 24.1. The number of carbonyl (C=O) groups is 3. The number of nitrogens with one attached hydrogen (secondary N) is 1. The first-order valence-electron chi connectivity index (χ1n) is 9.53. The van der Waals surface area contributed by atoms with Crippen molar-refractivity contribution in [1.29, 1.82) is 5.26 Å². The van der Waals surface area contributed by atoms with Crippen molar-refractivity contribution in [2.24, 2.45) is 0 Å². The van der Waals surface area contributed by atoms with Crippen molar-refractivity contribution >= 4 is 23.4 Å². The van der Waals surface area contributed by atoms with Gasteiger partial charge in [-0.05, 0) is 25.5 Å². The molecule has 0 unspecified atom stereocenters. The van der Waals surface area contributed by atoms with E-state index in [0.717, 1.165) is 5.56 Å². The van der Waals surface area contributed by atoms with E-state index in [1.54, 1.807) is 12.1 Å². The number of likely N-dealkylation sites (N-methyl/N-ethyl adjacent to an activating group) is 1. The van der Waals surface area contributed by atoms with Crippen LogP contribution < -0.4 is 5.32 Å². The highest BCUT2D eigenvalue weighted by Crippen LogP contribution is 2.46. The maximum Gasteiger partial charge on any atom is 0.246 e. The standard InChI is InChI=1S/C21H25FN4O3/c1-13(27)25(4)17(10-20(2,3)22)18(28)26-12-21(9-14(26)11-23)15-7-5-6-8-16(15)24-19(21)29/h5-8,14,17H,9-10,12H2,1-4H3,(H,24,29)/t14-,17-,21-/m0/s1. The van der Waals surface area contributed by atoms with E-state index in [0.29, 0.717) is 5.69 Å². The highest BCUT2D eigenvalue weighted by atomic mass is 19.1. The van der Waals surface area contributed by atoms with Gasteiger partial charge in [0.2, 0.25) is 17.7 Å². The molecule has 1 N–H and O–H groups in total. The Kier molecular flexibility index (Phi) is 5.11. The number of benzene rings is 1. The van der Waals surface area contributed by atoms with Crippen LogP contribution in [0.1, 0.15) is 39.2 Å². The molecule has 0 aromatic heterocycles. The van der Waals surface area contributed by atoms with Crippen LogP contribution in [0.25, 0.3) is 0 Å². The molecular formula is C21H25FN4O3. The van der Waals surface area contributed by atoms with Gasteiger partial charge in [0.1, 0.15) is 17.8 Å². The van der Waals surface area contributed by atoms with Crippen molar-refractivity contribution in [3.8, 4) is 6.07 Å². The van der Waals surface area contributed by atoms with Gasteiger partial charge in [0.15, 0.2) is 0 Å². The Labute approximate surface area is 169 Å². The molecule has 29 heavy (non-hydrogen) atoms. The molecule has 1 fully saturated rings. The van der Waals surface area contributed by atoms with Crippen LogP contribution in [0.15, 0.2) is 24.3 Å². The molecule has 2 heterocycles. The van der Waals surface area contributed by atoms with Crippen LogP contribution in [0.2, 0.25) is 0 Å². The van der Waals surface area contributed by atoms with Gasteiger partial charge in [-0.25, -0.2) is 4.39 Å². The molecule has 0 saturated carbocycles. The summed E-state index contributed by atoms with van der Waals surface area (Å²) >= 11 is 0. The summed E-state index contributed by atoms with van der Waals surface area (Å²) in [6, 6.07) is 7.43. The number of halogens is 1. The second-order valence-electron chi connectivity index (χ2n) is 8.47. The molecule has 0 radical (unpaired) electrons. The van der Waals surface area contributed by atoms with Crippen LogP contribution in [0.5, 0.6) is 0 Å². The molecule has 2 aliphatic rings. The highest BCUT2D eigenvalue weighted by molar-refractivity contribution is 6.07. The Morgan fingerprint density at radius 2 is 2.10 bits per heavy atom. The molecular weight excluding hydrogens is 375 g/mol. The molecule has 3 rings (SSSR count). The van der Waals surface area contributed by atoms with Crippen LogP contribution in [0, 0.1) is 11.3 Å². The monoisotopic (exact) mass is 400 g/mol. The summed E-state index contributed by atoms with van der Waals surface area (Å²) in [5.74, 6) is -1.15. The smallest absolute Gasteiger partial charge is 0.246 e. The van der Waals surface area contributed by atoms with Crippen LogP contribution in [0.3, 0.4) is 0 Å². The zero-order chi connectivity index (χ0) is 21.6. The van der Waals surface area contributed by atoms with Gasteiger partial charge >= 0.3 is 0 Å². The number of para-hydroxylation sites is 1. The van der Waals surface area contributed by atoms with Gasteiger partial charge in [-0.2, -0.15) is 5.26 Å². The van der Waals surface area contributed by atoms with Crippen LogP contribution in [0.4, 0.5) is 10.1 Å². The number of carbonyl (C=O) groups excluding carboxylic acids is 3. The molecule has 154 valence electrons. The first-order chi connectivity index (χ1) is 13.5. The Hall–Kier alpha value is -2.95. The molecule has 3 atom stereocenters. The lowest BCUT2D eigenvalue weighted by Gasteiger charge is -2.34. The van der Waals surface area contributed by atoms with Gasteiger partial charge in [0.05, 0.1) is 11.5 Å². The molecule has 2 aliphatic heterocycles. The minimum Gasteiger partial charge on any atom is -0.334 e. The van der Waals surface area contributed by atoms with Gasteiger partial charge in [-0.15, -0.1) is 0 Å². The predicted octanol–water partition coefficient (Wildman–Crippen LogP) is 1.99. The van der Waals surface area contributed by atoms with E-state index in [9.17, 15) is 24.0 Å². The number of nitrogens with zero attached hydrogens (tertiary/aromatic N) is 3. The van der Waals surface area contributed by atoms with Crippen molar-refractivity contribution < 1.29 is 18.8 Å². The first-order valence-corrected chi connectivity index (χ1v) is 9.53. The number of hydrogen-bond acceptors (Lipinski definition) is 4. The number of hydrogen-bond donors (Lipinski definition) is 1. The quantitative estimate of drug-likeness (QED) is 0.836. The Morgan fingerprint density at radius 3 is 2.69 bits per heavy atom. The summed E-state index contributed by atoms with van der Waals surface area (Å²) in [4.78, 5) is 40.7. The maximum absolute atomic E-state index is 14.4. The molecule has 7 nitrogen and oxygen atoms in total. The third kappa shape index (κ3) is 3.57. The SMILES string of the molecule is CC(=O)N(C)[C@@H](CC(C)(C)F)C(=O)N1C[C@]2(C[C@H]1C#N)C(=O)Nc1ccccc12. The highest BCUT2D eigenvalue weighted by Gasteiger charge is 2.56. The topological polar surface area (TPSA) is 93.5 Å². The lowest BCUT2D eigenvalue weighted by atomic mass is 9.80. The summed E-state index contributed by atoms with van der Waals surface area (Å²) < 4.78 is 14.4. The lowest BCUT2D eigenvalue weighted by Crippen LogP contribution is -2.52. The Bertz CT molecular complexity index is 904. The number of anilines is 1. The fourth-order valence-corrected chi connectivity index (χ4v) is 4.25. The maximum atomic E-state index is 14.4. The fraction of sp³-hybridized carbons (Fsp3) is 0.524. The van der Waals surface area contributed by atoms with Gasteiger partial charge in [0.25, 0.3) is 0 Å². The second kappa shape index (κ2) is 7.14. The fourth-order valence-electron chi connectivity index (χ4n) is 4.25. The minimum atomic E-state index is -1.69. The van der Waals surface area contributed by atoms with Gasteiger partial charge in [-0.3, -0.25) is 14.4 Å². The molecule has 8 heteroatoms. The van der Waals surface area contributed by atoms with Crippen molar-refractivity contribution in [3.05, 3.63) is 29.8 Å². The van der Waals surface area contributed by atoms with Crippen molar-refractivity contribution in [1.82, 2.24) is 9.80 Å². The van der Waals surface area contributed by atoms with Gasteiger partial charge in [0, 0.05) is 39.0 Å². The van der Waals surface area contributed by atoms with Crippen LogP contribution in [-0.4, -0.2) is 58.9 Å². The van der Waals surface area contributed by atoms with Crippen LogP contribution in [-0.2, 0) is 19.8 Å².